The van der Waals surface area contributed by atoms with E-state index in [0.717, 1.165) is 5.69 Å². The van der Waals surface area contributed by atoms with E-state index in [9.17, 15) is 9.18 Å². The van der Waals surface area contributed by atoms with Gasteiger partial charge in [-0.15, -0.1) is 0 Å². The Hall–Kier alpha value is -2.43. The first-order chi connectivity index (χ1) is 9.08. The lowest BCUT2D eigenvalue weighted by Gasteiger charge is -2.13. The molecule has 0 atom stereocenters. The van der Waals surface area contributed by atoms with E-state index in [-0.39, 0.29) is 5.56 Å². The average molecular weight is 259 g/mol. The summed E-state index contributed by atoms with van der Waals surface area (Å²) in [6.07, 6.45) is 1.30. The van der Waals surface area contributed by atoms with Crippen molar-refractivity contribution in [1.29, 1.82) is 0 Å². The van der Waals surface area contributed by atoms with E-state index < -0.39 is 11.9 Å². The summed E-state index contributed by atoms with van der Waals surface area (Å²) in [5.74, 6) is -1.28. The topological polar surface area (TPSA) is 45.2 Å². The lowest BCUT2D eigenvalue weighted by atomic mass is 10.2. The molecule has 0 unspecified atom stereocenters. The zero-order chi connectivity index (χ0) is 13.8. The quantitative estimate of drug-likeness (QED) is 0.861. The predicted molar refractivity (Wildman–Crippen MR) is 72.9 cm³/mol. The number of halogens is 1. The Bertz CT molecular complexity index is 581. The highest BCUT2D eigenvalue weighted by atomic mass is 19.1. The van der Waals surface area contributed by atoms with Gasteiger partial charge in [0.1, 0.15) is 0 Å². The summed E-state index contributed by atoms with van der Waals surface area (Å²) < 4.78 is 13.3. The van der Waals surface area contributed by atoms with Gasteiger partial charge in [0.25, 0.3) is 5.91 Å². The molecule has 1 amide bonds. The monoisotopic (exact) mass is 259 g/mol. The minimum absolute atomic E-state index is 0.0702. The zero-order valence-electron chi connectivity index (χ0n) is 10.7. The average Bonchev–Trinajstić information content (AvgIpc) is 2.39. The molecule has 2 rings (SSSR count). The van der Waals surface area contributed by atoms with Gasteiger partial charge in [0, 0.05) is 31.7 Å². The van der Waals surface area contributed by atoms with Crippen LogP contribution in [0.5, 0.6) is 0 Å². The third-order valence-electron chi connectivity index (χ3n) is 2.65. The highest BCUT2D eigenvalue weighted by Gasteiger charge is 2.11. The second-order valence-corrected chi connectivity index (χ2v) is 4.24. The molecule has 0 fully saturated rings. The van der Waals surface area contributed by atoms with Crippen LogP contribution in [-0.2, 0) is 0 Å². The van der Waals surface area contributed by atoms with E-state index in [2.05, 4.69) is 10.3 Å². The summed E-state index contributed by atoms with van der Waals surface area (Å²) in [7, 11) is 3.86. The van der Waals surface area contributed by atoms with Crippen molar-refractivity contribution in [1.82, 2.24) is 4.98 Å². The minimum Gasteiger partial charge on any atom is -0.378 e. The molecule has 0 saturated carbocycles. The van der Waals surface area contributed by atoms with Crippen molar-refractivity contribution in [2.45, 2.75) is 0 Å². The van der Waals surface area contributed by atoms with Crippen LogP contribution in [0.15, 0.2) is 42.6 Å². The number of nitrogens with zero attached hydrogens (tertiary/aromatic N) is 2. The summed E-state index contributed by atoms with van der Waals surface area (Å²) in [6.45, 7) is 0. The Labute approximate surface area is 110 Å². The van der Waals surface area contributed by atoms with E-state index in [4.69, 9.17) is 0 Å². The van der Waals surface area contributed by atoms with Gasteiger partial charge in [0.05, 0.1) is 5.56 Å². The molecule has 98 valence electrons. The zero-order valence-corrected chi connectivity index (χ0v) is 10.7. The Kier molecular flexibility index (Phi) is 3.75. The number of carbonyl (C=O) groups is 1. The van der Waals surface area contributed by atoms with Crippen LogP contribution in [-0.4, -0.2) is 25.0 Å². The van der Waals surface area contributed by atoms with Gasteiger partial charge in [-0.1, -0.05) is 0 Å². The van der Waals surface area contributed by atoms with Crippen molar-refractivity contribution < 1.29 is 9.18 Å². The Balaban J connectivity index is 2.13. The number of pyridine rings is 1. The number of nitrogens with one attached hydrogen (secondary N) is 1. The maximum absolute atomic E-state index is 13.3. The van der Waals surface area contributed by atoms with Gasteiger partial charge >= 0.3 is 0 Å². The van der Waals surface area contributed by atoms with Gasteiger partial charge in [-0.3, -0.25) is 4.79 Å². The van der Waals surface area contributed by atoms with Gasteiger partial charge in [-0.25, -0.2) is 4.98 Å². The Morgan fingerprint density at radius 3 is 2.47 bits per heavy atom. The molecule has 4 nitrogen and oxygen atoms in total. The standard InChI is InChI=1S/C14H14FN3O/c1-18(2)11-7-5-10(6-8-11)17-14(19)12-4-3-9-16-13(12)15/h3-9H,1-2H3,(H,17,19). The molecule has 0 aliphatic heterocycles. The SMILES string of the molecule is CN(C)c1ccc(NC(=O)c2cccnc2F)cc1. The van der Waals surface area contributed by atoms with Crippen LogP contribution in [0.1, 0.15) is 10.4 Å². The molecule has 19 heavy (non-hydrogen) atoms. The summed E-state index contributed by atoms with van der Waals surface area (Å²) in [5, 5.41) is 2.63. The van der Waals surface area contributed by atoms with Gasteiger partial charge in [-0.05, 0) is 36.4 Å². The van der Waals surface area contributed by atoms with Crippen molar-refractivity contribution in [3.63, 3.8) is 0 Å². The number of carbonyl (C=O) groups excluding carboxylic acids is 1. The molecule has 1 aromatic carbocycles. The van der Waals surface area contributed by atoms with Crippen LogP contribution < -0.4 is 10.2 Å². The lowest BCUT2D eigenvalue weighted by molar-refractivity contribution is 0.102. The first-order valence-corrected chi connectivity index (χ1v) is 5.77. The predicted octanol–water partition coefficient (Wildman–Crippen LogP) is 2.54. The van der Waals surface area contributed by atoms with Gasteiger partial charge < -0.3 is 10.2 Å². The van der Waals surface area contributed by atoms with Crippen molar-refractivity contribution in [3.8, 4) is 0 Å². The maximum atomic E-state index is 13.3. The number of rotatable bonds is 3. The molecule has 0 saturated heterocycles. The van der Waals surface area contributed by atoms with Gasteiger partial charge in [0.15, 0.2) is 0 Å². The van der Waals surface area contributed by atoms with Gasteiger partial charge in [-0.2, -0.15) is 4.39 Å². The number of amides is 1. The largest absolute Gasteiger partial charge is 0.378 e. The number of aromatic nitrogens is 1. The number of anilines is 2. The van der Waals surface area contributed by atoms with Crippen molar-refractivity contribution >= 4 is 17.3 Å². The van der Waals surface area contributed by atoms with Crippen molar-refractivity contribution in [3.05, 3.63) is 54.1 Å². The molecule has 0 radical (unpaired) electrons. The van der Waals surface area contributed by atoms with Crippen LogP contribution in [0.4, 0.5) is 15.8 Å². The van der Waals surface area contributed by atoms with Crippen molar-refractivity contribution in [2.75, 3.05) is 24.3 Å². The highest BCUT2D eigenvalue weighted by molar-refractivity contribution is 6.04. The minimum atomic E-state index is -0.773. The molecule has 2 aromatic rings. The van der Waals surface area contributed by atoms with Crippen LogP contribution in [0.2, 0.25) is 0 Å². The third-order valence-corrected chi connectivity index (χ3v) is 2.65. The molecule has 1 N–H and O–H groups in total. The number of hydrogen-bond acceptors (Lipinski definition) is 3. The molecular formula is C14H14FN3O. The van der Waals surface area contributed by atoms with Gasteiger partial charge in [0.2, 0.25) is 5.95 Å². The number of benzene rings is 1. The summed E-state index contributed by atoms with van der Waals surface area (Å²) >= 11 is 0. The fourth-order valence-corrected chi connectivity index (χ4v) is 1.60. The second-order valence-electron chi connectivity index (χ2n) is 4.24. The molecule has 1 aromatic heterocycles. The molecule has 0 aliphatic carbocycles. The molecule has 0 spiro atoms. The van der Waals surface area contributed by atoms with E-state index in [1.807, 2.05) is 31.1 Å². The van der Waals surface area contributed by atoms with E-state index in [0.29, 0.717) is 5.69 Å². The molecule has 1 heterocycles. The summed E-state index contributed by atoms with van der Waals surface area (Å²) in [4.78, 5) is 17.2. The molecule has 0 bridgehead atoms. The number of hydrogen-bond donors (Lipinski definition) is 1. The second kappa shape index (κ2) is 5.48. The normalized spacial score (nSPS) is 10.1. The Morgan fingerprint density at radius 1 is 1.21 bits per heavy atom. The Morgan fingerprint density at radius 2 is 1.89 bits per heavy atom. The first kappa shape index (κ1) is 13.0. The van der Waals surface area contributed by atoms with Crippen LogP contribution in [0.3, 0.4) is 0 Å². The van der Waals surface area contributed by atoms with E-state index in [1.54, 1.807) is 12.1 Å². The van der Waals surface area contributed by atoms with Crippen LogP contribution >= 0.6 is 0 Å². The third kappa shape index (κ3) is 3.07. The van der Waals surface area contributed by atoms with E-state index >= 15 is 0 Å². The summed E-state index contributed by atoms with van der Waals surface area (Å²) in [6, 6.07) is 10.2. The van der Waals surface area contributed by atoms with Crippen LogP contribution in [0, 0.1) is 5.95 Å². The molecule has 0 aliphatic rings. The molecule has 5 heteroatoms. The lowest BCUT2D eigenvalue weighted by Crippen LogP contribution is -2.14. The van der Waals surface area contributed by atoms with Crippen molar-refractivity contribution in [2.24, 2.45) is 0 Å². The highest BCUT2D eigenvalue weighted by Crippen LogP contribution is 2.16. The first-order valence-electron chi connectivity index (χ1n) is 5.77. The fraction of sp³-hybridized carbons (Fsp3) is 0.143. The fourth-order valence-electron chi connectivity index (χ4n) is 1.60. The molecular weight excluding hydrogens is 245 g/mol. The maximum Gasteiger partial charge on any atom is 0.260 e. The van der Waals surface area contributed by atoms with Crippen LogP contribution in [0.25, 0.3) is 0 Å². The summed E-state index contributed by atoms with van der Waals surface area (Å²) in [5.41, 5.74) is 1.56. The van der Waals surface area contributed by atoms with E-state index in [1.165, 1.54) is 18.3 Å². The smallest absolute Gasteiger partial charge is 0.260 e.